The first kappa shape index (κ1) is 15.8. The monoisotopic (exact) mass is 290 g/mol. The van der Waals surface area contributed by atoms with Gasteiger partial charge in [0.15, 0.2) is 0 Å². The summed E-state index contributed by atoms with van der Waals surface area (Å²) in [4.78, 5) is 14.0. The van der Waals surface area contributed by atoms with Crippen LogP contribution in [0.4, 0.5) is 0 Å². The highest BCUT2D eigenvalue weighted by molar-refractivity contribution is 5.76. The molecule has 1 amide bonds. The molecule has 1 fully saturated rings. The number of hydrogen-bond acceptors (Lipinski definition) is 3. The quantitative estimate of drug-likeness (QED) is 0.819. The highest BCUT2D eigenvalue weighted by atomic mass is 16.5. The number of hydrogen-bond donors (Lipinski definition) is 1. The van der Waals surface area contributed by atoms with Crippen LogP contribution < -0.4 is 10.5 Å². The van der Waals surface area contributed by atoms with Gasteiger partial charge in [-0.15, -0.1) is 0 Å². The number of aryl methyl sites for hydroxylation is 1. The van der Waals surface area contributed by atoms with Gasteiger partial charge in [0.2, 0.25) is 5.91 Å². The molecule has 4 heteroatoms. The van der Waals surface area contributed by atoms with Gasteiger partial charge in [-0.1, -0.05) is 12.1 Å². The van der Waals surface area contributed by atoms with Gasteiger partial charge in [0.05, 0.1) is 6.61 Å². The van der Waals surface area contributed by atoms with Crippen LogP contribution >= 0.6 is 0 Å². The third kappa shape index (κ3) is 5.38. The van der Waals surface area contributed by atoms with Gasteiger partial charge in [0.25, 0.3) is 0 Å². The van der Waals surface area contributed by atoms with Crippen molar-refractivity contribution in [2.24, 2.45) is 5.73 Å². The van der Waals surface area contributed by atoms with Gasteiger partial charge in [-0.3, -0.25) is 4.79 Å². The third-order valence-corrected chi connectivity index (χ3v) is 3.94. The zero-order valence-corrected chi connectivity index (χ0v) is 12.9. The Bertz CT molecular complexity index is 454. The van der Waals surface area contributed by atoms with Gasteiger partial charge in [0.1, 0.15) is 5.75 Å². The van der Waals surface area contributed by atoms with E-state index < -0.39 is 0 Å². The fourth-order valence-corrected chi connectivity index (χ4v) is 2.58. The van der Waals surface area contributed by atoms with Crippen molar-refractivity contribution in [3.63, 3.8) is 0 Å². The van der Waals surface area contributed by atoms with E-state index in [2.05, 4.69) is 13.0 Å². The largest absolute Gasteiger partial charge is 0.494 e. The molecule has 0 radical (unpaired) electrons. The second-order valence-electron chi connectivity index (χ2n) is 5.84. The van der Waals surface area contributed by atoms with Crippen LogP contribution in [0.25, 0.3) is 0 Å². The molecule has 21 heavy (non-hydrogen) atoms. The molecule has 1 aliphatic heterocycles. The lowest BCUT2D eigenvalue weighted by Gasteiger charge is -2.30. The van der Waals surface area contributed by atoms with Crippen LogP contribution in [0.2, 0.25) is 0 Å². The normalized spacial score (nSPS) is 16.0. The Hall–Kier alpha value is -1.55. The number of piperidine rings is 1. The van der Waals surface area contributed by atoms with Crippen molar-refractivity contribution in [1.82, 2.24) is 4.90 Å². The van der Waals surface area contributed by atoms with Crippen LogP contribution in [0.5, 0.6) is 5.75 Å². The molecule has 116 valence electrons. The Morgan fingerprint density at radius 3 is 2.81 bits per heavy atom. The van der Waals surface area contributed by atoms with Crippen LogP contribution in [0.3, 0.4) is 0 Å². The number of rotatable bonds is 6. The van der Waals surface area contributed by atoms with Crippen molar-refractivity contribution < 1.29 is 9.53 Å². The fourth-order valence-electron chi connectivity index (χ4n) is 2.58. The lowest BCUT2D eigenvalue weighted by atomic mass is 10.1. The van der Waals surface area contributed by atoms with E-state index in [9.17, 15) is 4.79 Å². The van der Waals surface area contributed by atoms with E-state index in [0.29, 0.717) is 13.0 Å². The number of nitrogens with zero attached hydrogens (tertiary/aromatic N) is 1. The minimum absolute atomic E-state index is 0.262. The zero-order valence-electron chi connectivity index (χ0n) is 12.9. The van der Waals surface area contributed by atoms with Gasteiger partial charge < -0.3 is 15.4 Å². The molecular weight excluding hydrogens is 264 g/mol. The predicted molar refractivity (Wildman–Crippen MR) is 84.3 cm³/mol. The van der Waals surface area contributed by atoms with E-state index in [-0.39, 0.29) is 11.9 Å². The minimum atomic E-state index is 0.262. The molecule has 1 aromatic rings. The molecule has 1 saturated heterocycles. The van der Waals surface area contributed by atoms with Crippen molar-refractivity contribution in [3.8, 4) is 5.75 Å². The maximum Gasteiger partial charge on any atom is 0.222 e. The molecule has 0 unspecified atom stereocenters. The van der Waals surface area contributed by atoms with Crippen molar-refractivity contribution >= 4 is 5.91 Å². The van der Waals surface area contributed by atoms with E-state index in [1.807, 2.05) is 23.1 Å². The Kier molecular flexibility index (Phi) is 6.05. The van der Waals surface area contributed by atoms with Crippen molar-refractivity contribution in [1.29, 1.82) is 0 Å². The molecule has 1 heterocycles. The van der Waals surface area contributed by atoms with Gasteiger partial charge >= 0.3 is 0 Å². The van der Waals surface area contributed by atoms with Gasteiger partial charge in [0, 0.05) is 25.6 Å². The van der Waals surface area contributed by atoms with Crippen molar-refractivity contribution in [3.05, 3.63) is 29.8 Å². The molecule has 4 nitrogen and oxygen atoms in total. The lowest BCUT2D eigenvalue weighted by Crippen LogP contribution is -2.42. The number of likely N-dealkylation sites (tertiary alicyclic amines) is 1. The first-order chi connectivity index (χ1) is 10.1. The van der Waals surface area contributed by atoms with E-state index in [4.69, 9.17) is 10.5 Å². The van der Waals surface area contributed by atoms with Crippen LogP contribution in [0, 0.1) is 6.92 Å². The summed E-state index contributed by atoms with van der Waals surface area (Å²) in [7, 11) is 0. The molecule has 0 saturated carbocycles. The molecule has 1 aromatic carbocycles. The number of nitrogens with two attached hydrogens (primary N) is 1. The number of benzene rings is 1. The molecule has 0 aliphatic carbocycles. The summed E-state index contributed by atoms with van der Waals surface area (Å²) >= 11 is 0. The first-order valence-electron chi connectivity index (χ1n) is 7.88. The highest BCUT2D eigenvalue weighted by Gasteiger charge is 2.19. The fraction of sp³-hybridized carbons (Fsp3) is 0.588. The zero-order chi connectivity index (χ0) is 15.1. The SMILES string of the molecule is Cc1cccc(OCCCCC(=O)N2CCC(N)CC2)c1. The Morgan fingerprint density at radius 2 is 2.10 bits per heavy atom. The molecular formula is C17H26N2O2. The number of unbranched alkanes of at least 4 members (excludes halogenated alkanes) is 1. The number of carbonyl (C=O) groups excluding carboxylic acids is 1. The summed E-state index contributed by atoms with van der Waals surface area (Å²) in [6.07, 6.45) is 4.27. The van der Waals surface area contributed by atoms with Crippen LogP contribution in [-0.4, -0.2) is 36.5 Å². The smallest absolute Gasteiger partial charge is 0.222 e. The maximum atomic E-state index is 12.0. The molecule has 2 N–H and O–H groups in total. The van der Waals surface area contributed by atoms with E-state index in [0.717, 1.165) is 44.5 Å². The first-order valence-corrected chi connectivity index (χ1v) is 7.88. The Labute approximate surface area is 127 Å². The molecule has 0 aromatic heterocycles. The number of amides is 1. The van der Waals surface area contributed by atoms with Crippen molar-refractivity contribution in [2.45, 2.75) is 45.1 Å². The van der Waals surface area contributed by atoms with Crippen molar-refractivity contribution in [2.75, 3.05) is 19.7 Å². The number of carbonyl (C=O) groups is 1. The standard InChI is InChI=1S/C17H26N2O2/c1-14-5-4-6-16(13-14)21-12-3-2-7-17(20)19-10-8-15(18)9-11-19/h4-6,13,15H,2-3,7-12,18H2,1H3. The summed E-state index contributed by atoms with van der Waals surface area (Å²) in [5, 5.41) is 0. The number of ether oxygens (including phenoxy) is 1. The summed E-state index contributed by atoms with van der Waals surface area (Å²) < 4.78 is 5.69. The average Bonchev–Trinajstić information content (AvgIpc) is 2.47. The van der Waals surface area contributed by atoms with Gasteiger partial charge in [-0.2, -0.15) is 0 Å². The van der Waals surface area contributed by atoms with Crippen LogP contribution in [-0.2, 0) is 4.79 Å². The minimum Gasteiger partial charge on any atom is -0.494 e. The Morgan fingerprint density at radius 1 is 1.33 bits per heavy atom. The molecule has 0 bridgehead atoms. The second-order valence-corrected chi connectivity index (χ2v) is 5.84. The third-order valence-electron chi connectivity index (χ3n) is 3.94. The van der Waals surface area contributed by atoms with Gasteiger partial charge in [-0.05, 0) is 50.3 Å². The van der Waals surface area contributed by atoms with Crippen LogP contribution in [0.15, 0.2) is 24.3 Å². The molecule has 0 spiro atoms. The summed E-state index contributed by atoms with van der Waals surface area (Å²) in [6.45, 7) is 4.36. The molecule has 1 aliphatic rings. The predicted octanol–water partition coefficient (Wildman–Crippen LogP) is 2.49. The summed E-state index contributed by atoms with van der Waals surface area (Å²) in [5.74, 6) is 1.17. The maximum absolute atomic E-state index is 12.0. The van der Waals surface area contributed by atoms with E-state index in [1.54, 1.807) is 0 Å². The van der Waals surface area contributed by atoms with E-state index in [1.165, 1.54) is 5.56 Å². The topological polar surface area (TPSA) is 55.6 Å². The molecule has 2 rings (SSSR count). The Balaban J connectivity index is 1.58. The lowest BCUT2D eigenvalue weighted by molar-refractivity contribution is -0.132. The summed E-state index contributed by atoms with van der Waals surface area (Å²) in [6, 6.07) is 8.32. The average molecular weight is 290 g/mol. The second kappa shape index (κ2) is 8.03. The molecule has 0 atom stereocenters. The van der Waals surface area contributed by atoms with Crippen LogP contribution in [0.1, 0.15) is 37.7 Å². The van der Waals surface area contributed by atoms with Gasteiger partial charge in [-0.25, -0.2) is 0 Å². The summed E-state index contributed by atoms with van der Waals surface area (Å²) in [5.41, 5.74) is 7.05. The highest BCUT2D eigenvalue weighted by Crippen LogP contribution is 2.14. The van der Waals surface area contributed by atoms with E-state index >= 15 is 0 Å².